The first-order valence-electron chi connectivity index (χ1n) is 12.3. The largest absolute Gasteiger partial charge is 0.485 e. The molecule has 1 aliphatic rings. The van der Waals surface area contributed by atoms with Crippen LogP contribution >= 0.6 is 11.6 Å². The van der Waals surface area contributed by atoms with Crippen LogP contribution in [0.2, 0.25) is 5.02 Å². The van der Waals surface area contributed by atoms with Crippen molar-refractivity contribution in [2.45, 2.75) is 52.7 Å². The van der Waals surface area contributed by atoms with Crippen molar-refractivity contribution in [1.29, 1.82) is 5.41 Å². The van der Waals surface area contributed by atoms with Gasteiger partial charge in [-0.05, 0) is 64.2 Å². The van der Waals surface area contributed by atoms with Crippen LogP contribution in [0.1, 0.15) is 45.0 Å². The van der Waals surface area contributed by atoms with E-state index < -0.39 is 22.8 Å². The van der Waals surface area contributed by atoms with Crippen molar-refractivity contribution < 1.29 is 18.6 Å². The van der Waals surface area contributed by atoms with Crippen LogP contribution in [-0.2, 0) is 6.61 Å². The zero-order chi connectivity index (χ0) is 28.9. The molecule has 2 aromatic rings. The molecule has 0 bridgehead atoms. The highest BCUT2D eigenvalue weighted by Crippen LogP contribution is 2.35. The Bertz CT molecular complexity index is 1420. The lowest BCUT2D eigenvalue weighted by atomic mass is 10.0. The van der Waals surface area contributed by atoms with E-state index in [1.165, 1.54) is 16.7 Å². The molecule has 0 atom stereocenters. The molecule has 0 unspecified atom stereocenters. The Morgan fingerprint density at radius 3 is 2.69 bits per heavy atom. The van der Waals surface area contributed by atoms with Crippen molar-refractivity contribution in [3.8, 4) is 5.75 Å². The van der Waals surface area contributed by atoms with Crippen molar-refractivity contribution in [3.05, 3.63) is 86.7 Å². The summed E-state index contributed by atoms with van der Waals surface area (Å²) in [6, 6.07) is 2.23. The highest BCUT2D eigenvalue weighted by molar-refractivity contribution is 6.31. The Kier molecular flexibility index (Phi) is 9.58. The zero-order valence-electron chi connectivity index (χ0n) is 22.3. The van der Waals surface area contributed by atoms with Gasteiger partial charge in [-0.2, -0.15) is 0 Å². The van der Waals surface area contributed by atoms with Gasteiger partial charge in [0.05, 0.1) is 17.6 Å². The SMILES string of the molecule is C=C/C(=C(C)\C=N/CN/C(=C\C(=N)C(C)(C)O)C1CC1)n1c(C)cc(OCc2ncc(F)cc2F)c(Cl)c1=O. The summed E-state index contributed by atoms with van der Waals surface area (Å²) in [5.41, 5.74) is 0.631. The van der Waals surface area contributed by atoms with Gasteiger partial charge in [-0.1, -0.05) is 18.2 Å². The summed E-state index contributed by atoms with van der Waals surface area (Å²) >= 11 is 6.30. The van der Waals surface area contributed by atoms with Crippen LogP contribution in [0.4, 0.5) is 8.78 Å². The fraction of sp³-hybridized carbons (Fsp3) is 0.357. The smallest absolute Gasteiger partial charge is 0.277 e. The summed E-state index contributed by atoms with van der Waals surface area (Å²) in [5.74, 6) is -1.32. The number of aliphatic hydroxyl groups is 1. The second kappa shape index (κ2) is 12.5. The predicted molar refractivity (Wildman–Crippen MR) is 149 cm³/mol. The number of rotatable bonds is 12. The molecule has 2 heterocycles. The van der Waals surface area contributed by atoms with Crippen molar-refractivity contribution in [1.82, 2.24) is 14.9 Å². The molecule has 3 N–H and O–H groups in total. The normalized spacial score (nSPS) is 14.8. The minimum Gasteiger partial charge on any atom is -0.485 e. The Hall–Kier alpha value is -3.63. The summed E-state index contributed by atoms with van der Waals surface area (Å²) in [6.07, 6.45) is 7.66. The van der Waals surface area contributed by atoms with Gasteiger partial charge in [0.15, 0.2) is 5.82 Å². The van der Waals surface area contributed by atoms with E-state index >= 15 is 0 Å². The second-order valence-corrected chi connectivity index (χ2v) is 10.1. The van der Waals surface area contributed by atoms with Crippen molar-refractivity contribution in [3.63, 3.8) is 0 Å². The number of aliphatic imine (C=N–C) groups is 1. The van der Waals surface area contributed by atoms with Crippen LogP contribution < -0.4 is 15.6 Å². The minimum absolute atomic E-state index is 0.0379. The number of allylic oxidation sites excluding steroid dienone is 4. The van der Waals surface area contributed by atoms with E-state index in [-0.39, 0.29) is 35.5 Å². The molecule has 0 spiro atoms. The summed E-state index contributed by atoms with van der Waals surface area (Å²) < 4.78 is 33.9. The third-order valence-corrected chi connectivity index (χ3v) is 6.37. The van der Waals surface area contributed by atoms with Gasteiger partial charge in [0.25, 0.3) is 5.56 Å². The zero-order valence-corrected chi connectivity index (χ0v) is 23.1. The molecule has 0 radical (unpaired) electrons. The van der Waals surface area contributed by atoms with E-state index in [0.29, 0.717) is 28.9 Å². The molecule has 208 valence electrons. The molecule has 1 saturated carbocycles. The molecule has 8 nitrogen and oxygen atoms in total. The summed E-state index contributed by atoms with van der Waals surface area (Å²) in [4.78, 5) is 21.2. The number of halogens is 3. The Morgan fingerprint density at radius 1 is 1.41 bits per heavy atom. The maximum atomic E-state index is 13.9. The predicted octanol–water partition coefficient (Wildman–Crippen LogP) is 5.18. The lowest BCUT2D eigenvalue weighted by Gasteiger charge is -2.17. The summed E-state index contributed by atoms with van der Waals surface area (Å²) in [7, 11) is 0. The molecule has 3 rings (SSSR count). The summed E-state index contributed by atoms with van der Waals surface area (Å²) in [5, 5.41) is 21.1. The van der Waals surface area contributed by atoms with Crippen LogP contribution in [-0.4, -0.2) is 38.9 Å². The first-order chi connectivity index (χ1) is 18.3. The Morgan fingerprint density at radius 2 is 2.10 bits per heavy atom. The van der Waals surface area contributed by atoms with Gasteiger partial charge in [0.2, 0.25) is 0 Å². The molecule has 11 heteroatoms. The van der Waals surface area contributed by atoms with E-state index in [0.717, 1.165) is 24.7 Å². The van der Waals surface area contributed by atoms with Crippen LogP contribution in [0.15, 0.2) is 58.1 Å². The van der Waals surface area contributed by atoms with Crippen LogP contribution in [0, 0.1) is 29.9 Å². The van der Waals surface area contributed by atoms with Crippen molar-refractivity contribution in [2.75, 3.05) is 6.67 Å². The molecular formula is C28H32ClF2N5O3. The lowest BCUT2D eigenvalue weighted by Crippen LogP contribution is -2.30. The fourth-order valence-electron chi connectivity index (χ4n) is 3.63. The van der Waals surface area contributed by atoms with E-state index in [1.54, 1.807) is 40.0 Å². The lowest BCUT2D eigenvalue weighted by molar-refractivity contribution is 0.154. The van der Waals surface area contributed by atoms with Gasteiger partial charge in [-0.15, -0.1) is 0 Å². The monoisotopic (exact) mass is 559 g/mol. The molecule has 2 aromatic heterocycles. The third-order valence-electron chi connectivity index (χ3n) is 6.02. The number of aromatic nitrogens is 2. The number of nitrogens with zero attached hydrogens (tertiary/aromatic N) is 3. The highest BCUT2D eigenvalue weighted by Gasteiger charge is 2.28. The first-order valence-corrected chi connectivity index (χ1v) is 12.7. The quantitative estimate of drug-likeness (QED) is 0.245. The molecular weight excluding hydrogens is 528 g/mol. The van der Waals surface area contributed by atoms with Gasteiger partial charge >= 0.3 is 0 Å². The standard InChI is InChI=1S/C28H32ClF2N5O3/c1-6-23(16(2)12-33-15-35-21(18-7-8-18)11-25(32)28(4,5)38)36-17(3)9-24(26(29)27(36)37)39-14-22-20(31)10-19(30)13-34-22/h6,9-13,18,32,35,38H,1,7-8,14-15H2,2-5H3/b21-11-,23-16+,32-25?,33-12-. The van der Waals surface area contributed by atoms with Crippen LogP contribution in [0.3, 0.4) is 0 Å². The molecule has 1 aliphatic carbocycles. The topological polar surface area (TPSA) is 113 Å². The van der Waals surface area contributed by atoms with Gasteiger partial charge in [0, 0.05) is 29.7 Å². The van der Waals surface area contributed by atoms with Gasteiger partial charge in [-0.25, -0.2) is 8.78 Å². The van der Waals surface area contributed by atoms with E-state index in [2.05, 4.69) is 21.9 Å². The highest BCUT2D eigenvalue weighted by atomic mass is 35.5. The van der Waals surface area contributed by atoms with E-state index in [1.807, 2.05) is 0 Å². The molecule has 0 aliphatic heterocycles. The number of ether oxygens (including phenoxy) is 1. The first kappa shape index (κ1) is 29.9. The molecule has 0 saturated heterocycles. The van der Waals surface area contributed by atoms with Crippen molar-refractivity contribution in [2.24, 2.45) is 10.9 Å². The molecule has 39 heavy (non-hydrogen) atoms. The molecule has 1 fully saturated rings. The Balaban J connectivity index is 1.78. The number of pyridine rings is 2. The summed E-state index contributed by atoms with van der Waals surface area (Å²) in [6.45, 7) is 10.3. The number of hydrogen-bond acceptors (Lipinski definition) is 7. The van der Waals surface area contributed by atoms with E-state index in [4.69, 9.17) is 21.7 Å². The third kappa shape index (κ3) is 7.70. The van der Waals surface area contributed by atoms with Gasteiger partial charge in [-0.3, -0.25) is 19.3 Å². The number of hydrogen-bond donors (Lipinski definition) is 3. The average molecular weight is 560 g/mol. The van der Waals surface area contributed by atoms with E-state index in [9.17, 15) is 18.7 Å². The van der Waals surface area contributed by atoms with Gasteiger partial charge < -0.3 is 20.6 Å². The van der Waals surface area contributed by atoms with Crippen LogP contribution in [0.5, 0.6) is 5.75 Å². The fourth-order valence-corrected chi connectivity index (χ4v) is 3.83. The Labute approximate surface area is 230 Å². The number of aryl methyl sites for hydroxylation is 1. The van der Waals surface area contributed by atoms with Crippen LogP contribution in [0.25, 0.3) is 5.70 Å². The maximum absolute atomic E-state index is 13.9. The average Bonchev–Trinajstić information content (AvgIpc) is 3.70. The second-order valence-electron chi connectivity index (χ2n) is 9.74. The number of nitrogens with one attached hydrogen (secondary N) is 2. The minimum atomic E-state index is -1.23. The molecule has 0 amide bonds. The molecule has 0 aromatic carbocycles. The van der Waals surface area contributed by atoms with Crippen molar-refractivity contribution >= 4 is 29.2 Å². The van der Waals surface area contributed by atoms with Gasteiger partial charge in [0.1, 0.15) is 41.2 Å². The maximum Gasteiger partial charge on any atom is 0.277 e.